The fraction of sp³-hybridized carbons (Fsp3) is 0.485. The third-order valence-corrected chi connectivity index (χ3v) is 10.3. The smallest absolute Gasteiger partial charge is 0.307 e. The zero-order valence-electron chi connectivity index (χ0n) is 24.9. The molecule has 1 saturated carbocycles. The molecule has 9 heteroatoms. The number of carboxylic acids is 1. The quantitative estimate of drug-likeness (QED) is 0.381. The lowest BCUT2D eigenvalue weighted by atomic mass is 9.85. The van der Waals surface area contributed by atoms with E-state index < -0.39 is 5.97 Å². The molecule has 1 N–H and O–H groups in total. The Balaban J connectivity index is 1.14. The number of benzene rings is 2. The van der Waals surface area contributed by atoms with Crippen molar-refractivity contribution in [3.63, 3.8) is 0 Å². The number of hydrogen-bond acceptors (Lipinski definition) is 7. The number of aryl methyl sites for hydroxylation is 2. The minimum Gasteiger partial charge on any atom is -0.488 e. The Morgan fingerprint density at radius 1 is 1.05 bits per heavy atom. The highest BCUT2D eigenvalue weighted by Crippen LogP contribution is 2.44. The number of amides is 1. The van der Waals surface area contributed by atoms with Gasteiger partial charge in [0.1, 0.15) is 12.4 Å². The topological polar surface area (TPSA) is 86.2 Å². The molecular formula is C33H40N4O4S. The minimum absolute atomic E-state index is 0.0928. The maximum atomic E-state index is 13.1. The third-order valence-electron chi connectivity index (χ3n) is 9.45. The molecule has 1 aliphatic carbocycles. The van der Waals surface area contributed by atoms with Gasteiger partial charge >= 0.3 is 5.97 Å². The molecular weight excluding hydrogens is 548 g/mol. The molecule has 2 aromatic carbocycles. The van der Waals surface area contributed by atoms with Gasteiger partial charge in [-0.2, -0.15) is 0 Å². The molecule has 4 atom stereocenters. The molecule has 0 unspecified atom stereocenters. The summed E-state index contributed by atoms with van der Waals surface area (Å²) >= 11 is 1.61. The van der Waals surface area contributed by atoms with Crippen LogP contribution in [0.5, 0.6) is 5.75 Å². The highest BCUT2D eigenvalue weighted by Gasteiger charge is 2.46. The van der Waals surface area contributed by atoms with Gasteiger partial charge in [0.25, 0.3) is 5.91 Å². The summed E-state index contributed by atoms with van der Waals surface area (Å²) in [4.78, 5) is 36.3. The first-order valence-corrected chi connectivity index (χ1v) is 15.8. The van der Waals surface area contributed by atoms with Gasteiger partial charge in [-0.1, -0.05) is 17.7 Å². The maximum Gasteiger partial charge on any atom is 0.307 e. The van der Waals surface area contributed by atoms with Gasteiger partial charge in [-0.05, 0) is 94.4 Å². The van der Waals surface area contributed by atoms with E-state index in [2.05, 4.69) is 42.3 Å². The number of hydrogen-bond donors (Lipinski definition) is 1. The van der Waals surface area contributed by atoms with E-state index >= 15 is 0 Å². The standard InChI is InChI=1S/C33H40N4O4S/c1-20-5-10-29(41-18-25-9-6-22(14-21(25)2)31(38)36-12-11-26(17-36)35(3)4)27(13-20)28-19-42-33(34-28)37-15-23-7-8-24(16-37)30(23)32(39)40/h5-6,9-10,13-14,19,23-24,26,30H,7-8,11-12,15-18H2,1-4H3,(H,39,40)/t23-,24+,26-,30+/m1/s1. The summed E-state index contributed by atoms with van der Waals surface area (Å²) in [6.07, 6.45) is 2.97. The number of carboxylic acid groups (broad SMARTS) is 1. The minimum atomic E-state index is -0.648. The fourth-order valence-electron chi connectivity index (χ4n) is 6.96. The molecule has 1 aromatic heterocycles. The second-order valence-corrected chi connectivity index (χ2v) is 13.3. The zero-order valence-corrected chi connectivity index (χ0v) is 25.7. The number of nitrogens with zero attached hydrogens (tertiary/aromatic N) is 4. The molecule has 1 amide bonds. The number of anilines is 1. The van der Waals surface area contributed by atoms with Crippen molar-refractivity contribution in [1.29, 1.82) is 0 Å². The number of likely N-dealkylation sites (N-methyl/N-ethyl adjacent to an activating group) is 1. The first kappa shape index (κ1) is 28.7. The van der Waals surface area contributed by atoms with Gasteiger partial charge < -0.3 is 24.5 Å². The van der Waals surface area contributed by atoms with E-state index in [1.165, 1.54) is 0 Å². The molecule has 42 heavy (non-hydrogen) atoms. The van der Waals surface area contributed by atoms with Crippen molar-refractivity contribution in [3.8, 4) is 17.0 Å². The van der Waals surface area contributed by atoms with E-state index in [-0.39, 0.29) is 23.7 Å². The van der Waals surface area contributed by atoms with Gasteiger partial charge in [0, 0.05) is 48.7 Å². The van der Waals surface area contributed by atoms with Crippen molar-refractivity contribution in [2.45, 2.75) is 45.8 Å². The lowest BCUT2D eigenvalue weighted by Crippen LogP contribution is -2.44. The molecule has 3 fully saturated rings. The van der Waals surface area contributed by atoms with Crippen molar-refractivity contribution in [2.24, 2.45) is 17.8 Å². The second kappa shape index (κ2) is 11.7. The van der Waals surface area contributed by atoms with E-state index in [1.54, 1.807) is 11.3 Å². The number of likely N-dealkylation sites (tertiary alicyclic amines) is 1. The lowest BCUT2D eigenvalue weighted by molar-refractivity contribution is -0.144. The molecule has 8 nitrogen and oxygen atoms in total. The number of carbonyl (C=O) groups excluding carboxylic acids is 1. The number of piperidine rings is 1. The zero-order chi connectivity index (χ0) is 29.5. The van der Waals surface area contributed by atoms with Crippen LogP contribution in [0.3, 0.4) is 0 Å². The molecule has 3 aliphatic rings. The van der Waals surface area contributed by atoms with Gasteiger partial charge in [0.2, 0.25) is 0 Å². The predicted octanol–water partition coefficient (Wildman–Crippen LogP) is 5.33. The van der Waals surface area contributed by atoms with E-state index in [1.807, 2.05) is 42.2 Å². The number of carbonyl (C=O) groups is 2. The highest BCUT2D eigenvalue weighted by atomic mass is 32.1. The molecule has 2 bridgehead atoms. The Labute approximate surface area is 251 Å². The summed E-state index contributed by atoms with van der Waals surface area (Å²) in [7, 11) is 4.14. The first-order valence-electron chi connectivity index (χ1n) is 14.9. The number of rotatable bonds is 8. The summed E-state index contributed by atoms with van der Waals surface area (Å²) < 4.78 is 6.38. The van der Waals surface area contributed by atoms with E-state index in [0.717, 1.165) is 89.8 Å². The van der Waals surface area contributed by atoms with Gasteiger partial charge in [-0.15, -0.1) is 11.3 Å². The molecule has 0 spiro atoms. The lowest BCUT2D eigenvalue weighted by Gasteiger charge is -2.35. The monoisotopic (exact) mass is 588 g/mol. The number of fused-ring (bicyclic) bond motifs is 2. The Hall–Kier alpha value is -3.43. The van der Waals surface area contributed by atoms with Gasteiger partial charge in [-0.3, -0.25) is 9.59 Å². The average Bonchev–Trinajstić information content (AvgIpc) is 3.71. The van der Waals surface area contributed by atoms with Crippen LogP contribution < -0.4 is 9.64 Å². The normalized spacial score (nSPS) is 23.5. The summed E-state index contributed by atoms with van der Waals surface area (Å²) in [5.41, 5.74) is 5.76. The number of aliphatic carboxylic acids is 1. The molecule has 3 heterocycles. The van der Waals surface area contributed by atoms with Gasteiger partial charge in [0.15, 0.2) is 5.13 Å². The van der Waals surface area contributed by atoms with Crippen molar-refractivity contribution in [3.05, 3.63) is 64.0 Å². The van der Waals surface area contributed by atoms with Crippen molar-refractivity contribution in [2.75, 3.05) is 45.2 Å². The Kier molecular flexibility index (Phi) is 7.98. The number of aromatic nitrogens is 1. The predicted molar refractivity (Wildman–Crippen MR) is 165 cm³/mol. The number of ether oxygens (including phenoxy) is 1. The summed E-state index contributed by atoms with van der Waals surface area (Å²) in [6, 6.07) is 12.5. The average molecular weight is 589 g/mol. The highest BCUT2D eigenvalue weighted by molar-refractivity contribution is 7.14. The van der Waals surface area contributed by atoms with Crippen LogP contribution in [-0.2, 0) is 11.4 Å². The summed E-state index contributed by atoms with van der Waals surface area (Å²) in [6.45, 7) is 7.56. The largest absolute Gasteiger partial charge is 0.488 e. The maximum absolute atomic E-state index is 13.1. The van der Waals surface area contributed by atoms with E-state index in [9.17, 15) is 14.7 Å². The molecule has 2 saturated heterocycles. The fourth-order valence-corrected chi connectivity index (χ4v) is 7.81. The van der Waals surface area contributed by atoms with Crippen molar-refractivity contribution >= 4 is 28.3 Å². The van der Waals surface area contributed by atoms with E-state index in [0.29, 0.717) is 12.6 Å². The van der Waals surface area contributed by atoms with Crippen LogP contribution >= 0.6 is 11.3 Å². The van der Waals surface area contributed by atoms with Crippen LogP contribution in [0.25, 0.3) is 11.3 Å². The summed E-state index contributed by atoms with van der Waals surface area (Å²) in [5, 5.41) is 12.7. The van der Waals surface area contributed by atoms with Gasteiger partial charge in [0.05, 0.1) is 11.6 Å². The third kappa shape index (κ3) is 5.64. The van der Waals surface area contributed by atoms with Crippen LogP contribution in [0.4, 0.5) is 5.13 Å². The molecule has 3 aromatic rings. The first-order chi connectivity index (χ1) is 20.2. The van der Waals surface area contributed by atoms with Gasteiger partial charge in [-0.25, -0.2) is 4.98 Å². The number of thiazole rings is 1. The Morgan fingerprint density at radius 2 is 1.81 bits per heavy atom. The van der Waals surface area contributed by atoms with Crippen molar-refractivity contribution < 1.29 is 19.4 Å². The summed E-state index contributed by atoms with van der Waals surface area (Å²) in [5.74, 6) is 0.389. The Bertz CT molecular complexity index is 1470. The van der Waals surface area contributed by atoms with Crippen LogP contribution in [0.1, 0.15) is 46.3 Å². The molecule has 0 radical (unpaired) electrons. The SMILES string of the molecule is Cc1ccc(OCc2ccc(C(=O)N3CC[C@@H](N(C)C)C3)cc2C)c(-c2csc(N3C[C@H]4CC[C@@H](C3)[C@H]4C(=O)O)n2)c1. The Morgan fingerprint density at radius 3 is 2.48 bits per heavy atom. The van der Waals surface area contributed by atoms with E-state index in [4.69, 9.17) is 9.72 Å². The van der Waals surface area contributed by atoms with Crippen molar-refractivity contribution in [1.82, 2.24) is 14.8 Å². The van der Waals surface area contributed by atoms with Crippen LogP contribution in [0.2, 0.25) is 0 Å². The van der Waals surface area contributed by atoms with Crippen LogP contribution in [0, 0.1) is 31.6 Å². The van der Waals surface area contributed by atoms with Crippen LogP contribution in [0.15, 0.2) is 41.8 Å². The molecule has 2 aliphatic heterocycles. The van der Waals surface area contributed by atoms with Crippen LogP contribution in [-0.4, -0.2) is 78.1 Å². The molecule has 222 valence electrons. The molecule has 6 rings (SSSR count). The second-order valence-electron chi connectivity index (χ2n) is 12.5.